The third kappa shape index (κ3) is 4.13. The first-order valence-corrected chi connectivity index (χ1v) is 8.09. The molecular weight excluding hydrogens is 310 g/mol. The number of aldehydes is 1. The predicted octanol–water partition coefficient (Wildman–Crippen LogP) is 2.55. The number of ether oxygens (including phenoxy) is 2. The van der Waals surface area contributed by atoms with E-state index < -0.39 is 18.1 Å². The van der Waals surface area contributed by atoms with Gasteiger partial charge < -0.3 is 14.3 Å². The Bertz CT molecular complexity index is 574. The van der Waals surface area contributed by atoms with Gasteiger partial charge in [-0.3, -0.25) is 4.90 Å². The summed E-state index contributed by atoms with van der Waals surface area (Å²) in [5.41, 5.74) is 0.859. The third-order valence-electron chi connectivity index (χ3n) is 4.47. The van der Waals surface area contributed by atoms with Gasteiger partial charge in [-0.25, -0.2) is 9.59 Å². The minimum Gasteiger partial charge on any atom is -0.467 e. The molecule has 1 aromatic carbocycles. The number of likely N-dealkylation sites (tertiary alicyclic amines) is 1. The molecule has 0 bridgehead atoms. The summed E-state index contributed by atoms with van der Waals surface area (Å²) in [7, 11) is 1.29. The molecule has 0 unspecified atom stereocenters. The molecule has 3 atom stereocenters. The largest absolute Gasteiger partial charge is 0.467 e. The number of rotatable bonds is 5. The molecule has 0 aliphatic carbocycles. The molecular formula is C18H23NO5. The average Bonchev–Trinajstić information content (AvgIpc) is 2.61. The van der Waals surface area contributed by atoms with Gasteiger partial charge in [0, 0.05) is 12.5 Å². The molecule has 1 aromatic rings. The summed E-state index contributed by atoms with van der Waals surface area (Å²) < 4.78 is 10.2. The number of methoxy groups -OCH3 is 1. The van der Waals surface area contributed by atoms with E-state index in [1.807, 2.05) is 37.3 Å². The lowest BCUT2D eigenvalue weighted by Crippen LogP contribution is -2.56. The summed E-state index contributed by atoms with van der Waals surface area (Å²) in [4.78, 5) is 37.1. The first kappa shape index (κ1) is 18.0. The lowest BCUT2D eigenvalue weighted by molar-refractivity contribution is -0.150. The van der Waals surface area contributed by atoms with E-state index in [0.717, 1.165) is 18.3 Å². The maximum Gasteiger partial charge on any atom is 0.411 e. The van der Waals surface area contributed by atoms with Gasteiger partial charge in [-0.2, -0.15) is 0 Å². The van der Waals surface area contributed by atoms with Gasteiger partial charge in [0.15, 0.2) is 0 Å². The maximum absolute atomic E-state index is 12.6. The normalized spacial score (nSPS) is 23.4. The minimum atomic E-state index is -0.709. The van der Waals surface area contributed by atoms with Crippen LogP contribution in [0.15, 0.2) is 30.3 Å². The summed E-state index contributed by atoms with van der Waals surface area (Å²) in [5, 5.41) is 0. The lowest BCUT2D eigenvalue weighted by Gasteiger charge is -2.42. The Labute approximate surface area is 141 Å². The number of carbonyl (C=O) groups is 3. The van der Waals surface area contributed by atoms with Crippen LogP contribution in [0, 0.1) is 5.92 Å². The van der Waals surface area contributed by atoms with Gasteiger partial charge in [-0.1, -0.05) is 37.3 Å². The van der Waals surface area contributed by atoms with Crippen molar-refractivity contribution in [1.29, 1.82) is 0 Å². The second-order valence-corrected chi connectivity index (χ2v) is 6.01. The van der Waals surface area contributed by atoms with Gasteiger partial charge in [0.2, 0.25) is 0 Å². The molecule has 0 spiro atoms. The molecule has 6 nitrogen and oxygen atoms in total. The highest BCUT2D eigenvalue weighted by molar-refractivity contribution is 5.82. The predicted molar refractivity (Wildman–Crippen MR) is 87.1 cm³/mol. The van der Waals surface area contributed by atoms with Crippen molar-refractivity contribution in [1.82, 2.24) is 4.90 Å². The Morgan fingerprint density at radius 3 is 2.58 bits per heavy atom. The van der Waals surface area contributed by atoms with Crippen LogP contribution in [0.1, 0.15) is 31.7 Å². The lowest BCUT2D eigenvalue weighted by atomic mass is 9.85. The molecule has 0 saturated carbocycles. The molecule has 1 aliphatic heterocycles. The topological polar surface area (TPSA) is 72.9 Å². The van der Waals surface area contributed by atoms with Crippen LogP contribution in [0.2, 0.25) is 0 Å². The quantitative estimate of drug-likeness (QED) is 0.611. The highest BCUT2D eigenvalue weighted by atomic mass is 16.6. The summed E-state index contributed by atoms with van der Waals surface area (Å²) in [6.07, 6.45) is 1.62. The van der Waals surface area contributed by atoms with Gasteiger partial charge in [0.05, 0.1) is 7.11 Å². The molecule has 24 heavy (non-hydrogen) atoms. The standard InChI is InChI=1S/C18H23NO5/c1-13-8-9-16(17(21)23-2)19(15(13)10-11-20)18(22)24-12-14-6-4-3-5-7-14/h3-7,11,13,15-16H,8-10,12H2,1-2H3/t13-,15-,16-/m0/s1. The van der Waals surface area contributed by atoms with Gasteiger partial charge in [0.25, 0.3) is 0 Å². The van der Waals surface area contributed by atoms with Gasteiger partial charge in [0.1, 0.15) is 18.9 Å². The monoisotopic (exact) mass is 333 g/mol. The van der Waals surface area contributed by atoms with Gasteiger partial charge in [-0.15, -0.1) is 0 Å². The fourth-order valence-corrected chi connectivity index (χ4v) is 3.13. The van der Waals surface area contributed by atoms with Crippen LogP contribution in [0.4, 0.5) is 4.79 Å². The fourth-order valence-electron chi connectivity index (χ4n) is 3.13. The van der Waals surface area contributed by atoms with E-state index in [9.17, 15) is 14.4 Å². The zero-order valence-electron chi connectivity index (χ0n) is 14.0. The second-order valence-electron chi connectivity index (χ2n) is 6.01. The zero-order valence-corrected chi connectivity index (χ0v) is 14.0. The number of benzene rings is 1. The first-order valence-electron chi connectivity index (χ1n) is 8.09. The second kappa shape index (κ2) is 8.47. The first-order chi connectivity index (χ1) is 11.6. The number of hydrogen-bond acceptors (Lipinski definition) is 5. The van der Waals surface area contributed by atoms with Crippen LogP contribution in [0.25, 0.3) is 0 Å². The van der Waals surface area contributed by atoms with Crippen molar-refractivity contribution in [2.45, 2.75) is 44.9 Å². The number of nitrogens with zero attached hydrogens (tertiary/aromatic N) is 1. The molecule has 1 saturated heterocycles. The number of esters is 1. The molecule has 0 aromatic heterocycles. The fraction of sp³-hybridized carbons (Fsp3) is 0.500. The van der Waals surface area contributed by atoms with Crippen LogP contribution in [-0.4, -0.2) is 42.4 Å². The zero-order chi connectivity index (χ0) is 17.5. The molecule has 1 aliphatic rings. The maximum atomic E-state index is 12.6. The third-order valence-corrected chi connectivity index (χ3v) is 4.47. The van der Waals surface area contributed by atoms with Crippen molar-refractivity contribution < 1.29 is 23.9 Å². The summed E-state index contributed by atoms with van der Waals surface area (Å²) in [5.74, 6) is -0.366. The Morgan fingerprint density at radius 1 is 1.25 bits per heavy atom. The van der Waals surface area contributed by atoms with Crippen LogP contribution >= 0.6 is 0 Å². The van der Waals surface area contributed by atoms with E-state index in [1.165, 1.54) is 12.0 Å². The van der Waals surface area contributed by atoms with Crippen LogP contribution < -0.4 is 0 Å². The van der Waals surface area contributed by atoms with Crippen molar-refractivity contribution in [2.24, 2.45) is 5.92 Å². The van der Waals surface area contributed by atoms with E-state index in [0.29, 0.717) is 6.42 Å². The van der Waals surface area contributed by atoms with Crippen LogP contribution in [0.3, 0.4) is 0 Å². The van der Waals surface area contributed by atoms with E-state index in [2.05, 4.69) is 0 Å². The Morgan fingerprint density at radius 2 is 1.96 bits per heavy atom. The summed E-state index contributed by atoms with van der Waals surface area (Å²) in [6.45, 7) is 2.09. The van der Waals surface area contributed by atoms with E-state index in [4.69, 9.17) is 9.47 Å². The summed E-state index contributed by atoms with van der Waals surface area (Å²) >= 11 is 0. The molecule has 0 N–H and O–H groups in total. The number of amides is 1. The van der Waals surface area contributed by atoms with Crippen LogP contribution in [-0.2, 0) is 25.7 Å². The highest BCUT2D eigenvalue weighted by Crippen LogP contribution is 2.31. The molecule has 2 rings (SSSR count). The highest BCUT2D eigenvalue weighted by Gasteiger charge is 2.42. The van der Waals surface area contributed by atoms with Crippen LogP contribution in [0.5, 0.6) is 0 Å². The molecule has 6 heteroatoms. The minimum absolute atomic E-state index is 0.111. The number of piperidine rings is 1. The Hall–Kier alpha value is -2.37. The Balaban J connectivity index is 2.15. The van der Waals surface area contributed by atoms with Crippen molar-refractivity contribution in [2.75, 3.05) is 7.11 Å². The number of hydrogen-bond donors (Lipinski definition) is 0. The summed E-state index contributed by atoms with van der Waals surface area (Å²) in [6, 6.07) is 8.24. The van der Waals surface area contributed by atoms with Crippen molar-refractivity contribution in [3.05, 3.63) is 35.9 Å². The average molecular weight is 333 g/mol. The van der Waals surface area contributed by atoms with E-state index in [-0.39, 0.29) is 25.0 Å². The van der Waals surface area contributed by atoms with Gasteiger partial charge in [-0.05, 0) is 24.3 Å². The molecule has 1 amide bonds. The molecule has 1 heterocycles. The number of carbonyl (C=O) groups excluding carboxylic acids is 3. The smallest absolute Gasteiger partial charge is 0.411 e. The Kier molecular flexibility index (Phi) is 6.35. The molecule has 1 fully saturated rings. The van der Waals surface area contributed by atoms with Crippen molar-refractivity contribution in [3.8, 4) is 0 Å². The SMILES string of the molecule is COC(=O)[C@@H]1CC[C@H](C)[C@H](CC=O)N1C(=O)OCc1ccccc1. The van der Waals surface area contributed by atoms with Crippen molar-refractivity contribution in [3.63, 3.8) is 0 Å². The molecule has 130 valence electrons. The molecule has 0 radical (unpaired) electrons. The van der Waals surface area contributed by atoms with E-state index in [1.54, 1.807) is 0 Å². The van der Waals surface area contributed by atoms with Crippen molar-refractivity contribution >= 4 is 18.3 Å². The van der Waals surface area contributed by atoms with E-state index >= 15 is 0 Å². The van der Waals surface area contributed by atoms with Gasteiger partial charge >= 0.3 is 12.1 Å².